The number of aromatic nitrogens is 2. The molecular formula is C24H27N5O2S. The number of benzene rings is 2. The summed E-state index contributed by atoms with van der Waals surface area (Å²) in [5.74, 6) is 1.93. The predicted octanol–water partition coefficient (Wildman–Crippen LogP) is 3.22. The summed E-state index contributed by atoms with van der Waals surface area (Å²) in [7, 11) is 1.63. The fourth-order valence-electron chi connectivity index (χ4n) is 3.65. The first-order valence-corrected chi connectivity index (χ1v) is 11.6. The molecule has 0 radical (unpaired) electrons. The highest BCUT2D eigenvalue weighted by molar-refractivity contribution is 7.99. The Labute approximate surface area is 192 Å². The summed E-state index contributed by atoms with van der Waals surface area (Å²) in [6.07, 6.45) is 1.58. The second-order valence-corrected chi connectivity index (χ2v) is 8.40. The molecule has 1 aliphatic rings. The molecule has 0 spiro atoms. The molecule has 166 valence electrons. The zero-order valence-electron chi connectivity index (χ0n) is 18.1. The molecule has 2 heterocycles. The van der Waals surface area contributed by atoms with Crippen LogP contribution in [-0.2, 0) is 11.3 Å². The summed E-state index contributed by atoms with van der Waals surface area (Å²) >= 11 is 1.42. The van der Waals surface area contributed by atoms with Gasteiger partial charge < -0.3 is 19.9 Å². The molecule has 2 aromatic carbocycles. The van der Waals surface area contributed by atoms with Gasteiger partial charge in [0.15, 0.2) is 0 Å². The van der Waals surface area contributed by atoms with E-state index in [1.807, 2.05) is 36.4 Å². The summed E-state index contributed by atoms with van der Waals surface area (Å²) in [6, 6.07) is 20.1. The number of methoxy groups -OCH3 is 1. The second-order valence-electron chi connectivity index (χ2n) is 7.40. The Morgan fingerprint density at radius 3 is 2.50 bits per heavy atom. The van der Waals surface area contributed by atoms with E-state index in [1.54, 1.807) is 13.4 Å². The topological polar surface area (TPSA) is 70.6 Å². The minimum atomic E-state index is -0.0439. The Morgan fingerprint density at radius 2 is 1.72 bits per heavy atom. The molecule has 1 aromatic heterocycles. The zero-order valence-corrected chi connectivity index (χ0v) is 18.9. The van der Waals surface area contributed by atoms with Crippen molar-refractivity contribution in [3.63, 3.8) is 0 Å². The molecule has 1 N–H and O–H groups in total. The highest BCUT2D eigenvalue weighted by Crippen LogP contribution is 2.23. The lowest BCUT2D eigenvalue weighted by atomic mass is 10.2. The number of rotatable bonds is 8. The van der Waals surface area contributed by atoms with Crippen molar-refractivity contribution in [2.45, 2.75) is 11.6 Å². The smallest absolute Gasteiger partial charge is 0.230 e. The lowest BCUT2D eigenvalue weighted by Crippen LogP contribution is -2.46. The van der Waals surface area contributed by atoms with Gasteiger partial charge in [0.25, 0.3) is 0 Å². The van der Waals surface area contributed by atoms with Crippen LogP contribution >= 0.6 is 11.8 Å². The molecule has 1 amide bonds. The van der Waals surface area contributed by atoms with Crippen LogP contribution in [0.4, 0.5) is 11.5 Å². The van der Waals surface area contributed by atoms with E-state index in [1.165, 1.54) is 17.4 Å². The van der Waals surface area contributed by atoms with E-state index in [9.17, 15) is 4.79 Å². The maximum Gasteiger partial charge on any atom is 0.230 e. The molecule has 7 nitrogen and oxygen atoms in total. The summed E-state index contributed by atoms with van der Waals surface area (Å²) < 4.78 is 5.33. The number of hydrogen-bond acceptors (Lipinski definition) is 7. The van der Waals surface area contributed by atoms with Crippen molar-refractivity contribution in [3.05, 3.63) is 72.6 Å². The van der Waals surface area contributed by atoms with Crippen molar-refractivity contribution in [3.8, 4) is 5.75 Å². The zero-order chi connectivity index (χ0) is 22.2. The fourth-order valence-corrected chi connectivity index (χ4v) is 4.34. The number of thioether (sulfide) groups is 1. The molecule has 32 heavy (non-hydrogen) atoms. The lowest BCUT2D eigenvalue weighted by molar-refractivity contribution is -0.118. The minimum absolute atomic E-state index is 0.0439. The normalized spacial score (nSPS) is 13.7. The maximum absolute atomic E-state index is 12.3. The van der Waals surface area contributed by atoms with Crippen molar-refractivity contribution in [2.75, 3.05) is 48.8 Å². The van der Waals surface area contributed by atoms with Crippen LogP contribution in [0.15, 0.2) is 72.0 Å². The largest absolute Gasteiger partial charge is 0.496 e. The highest BCUT2D eigenvalue weighted by atomic mass is 32.2. The molecule has 0 aliphatic carbocycles. The van der Waals surface area contributed by atoms with Crippen LogP contribution in [0.25, 0.3) is 0 Å². The van der Waals surface area contributed by atoms with E-state index in [4.69, 9.17) is 4.74 Å². The van der Waals surface area contributed by atoms with Crippen LogP contribution in [0.1, 0.15) is 5.56 Å². The number of carbonyl (C=O) groups is 1. The standard InChI is InChI=1S/C24H27N5O2S/c1-31-21-10-6-5-7-19(21)16-25-23(30)17-32-24-15-22(26-18-27-24)29-13-11-28(12-14-29)20-8-3-2-4-9-20/h2-10,15,18H,11-14,16-17H2,1H3,(H,25,30). The first kappa shape index (κ1) is 22.0. The number of carbonyl (C=O) groups excluding carboxylic acids is 1. The number of piperazine rings is 1. The lowest BCUT2D eigenvalue weighted by Gasteiger charge is -2.36. The fraction of sp³-hybridized carbons (Fsp3) is 0.292. The highest BCUT2D eigenvalue weighted by Gasteiger charge is 2.19. The Kier molecular flexibility index (Phi) is 7.45. The van der Waals surface area contributed by atoms with Gasteiger partial charge in [0, 0.05) is 50.0 Å². The van der Waals surface area contributed by atoms with E-state index in [-0.39, 0.29) is 5.91 Å². The van der Waals surface area contributed by atoms with Crippen molar-refractivity contribution < 1.29 is 9.53 Å². The molecule has 0 bridgehead atoms. The van der Waals surface area contributed by atoms with Gasteiger partial charge in [-0.3, -0.25) is 4.79 Å². The first-order valence-electron chi connectivity index (χ1n) is 10.6. The quantitative estimate of drug-likeness (QED) is 0.418. The van der Waals surface area contributed by atoms with Crippen LogP contribution in [0.3, 0.4) is 0 Å². The number of nitrogens with one attached hydrogen (secondary N) is 1. The van der Waals surface area contributed by atoms with Gasteiger partial charge in [-0.1, -0.05) is 48.2 Å². The number of amides is 1. The van der Waals surface area contributed by atoms with E-state index in [0.717, 1.165) is 48.3 Å². The van der Waals surface area contributed by atoms with Crippen molar-refractivity contribution in [1.29, 1.82) is 0 Å². The third-order valence-corrected chi connectivity index (χ3v) is 6.30. The number of para-hydroxylation sites is 2. The van der Waals surface area contributed by atoms with Crippen molar-refractivity contribution in [1.82, 2.24) is 15.3 Å². The van der Waals surface area contributed by atoms with Crippen molar-refractivity contribution in [2.24, 2.45) is 0 Å². The summed E-state index contributed by atoms with van der Waals surface area (Å²) in [5, 5.41) is 3.74. The molecule has 0 atom stereocenters. The Hall–Kier alpha value is -3.26. The van der Waals surface area contributed by atoms with E-state index < -0.39 is 0 Å². The Morgan fingerprint density at radius 1 is 1.00 bits per heavy atom. The van der Waals surface area contributed by atoms with Gasteiger partial charge in [0.05, 0.1) is 12.9 Å². The number of anilines is 2. The molecule has 1 saturated heterocycles. The molecule has 4 rings (SSSR count). The average molecular weight is 450 g/mol. The molecule has 3 aromatic rings. The van der Waals surface area contributed by atoms with Gasteiger partial charge in [-0.2, -0.15) is 0 Å². The third-order valence-electron chi connectivity index (χ3n) is 5.37. The average Bonchev–Trinajstić information content (AvgIpc) is 2.87. The van der Waals surface area contributed by atoms with Gasteiger partial charge in [-0.25, -0.2) is 9.97 Å². The first-order chi connectivity index (χ1) is 15.7. The number of hydrogen-bond donors (Lipinski definition) is 1. The van der Waals surface area contributed by atoms with E-state index in [2.05, 4.69) is 49.4 Å². The number of ether oxygens (including phenoxy) is 1. The number of nitrogens with zero attached hydrogens (tertiary/aromatic N) is 4. The van der Waals surface area contributed by atoms with Gasteiger partial charge in [-0.15, -0.1) is 0 Å². The molecule has 0 saturated carbocycles. The van der Waals surface area contributed by atoms with E-state index in [0.29, 0.717) is 12.3 Å². The third kappa shape index (κ3) is 5.70. The second kappa shape index (κ2) is 10.9. The molecule has 8 heteroatoms. The van der Waals surface area contributed by atoms with Gasteiger partial charge >= 0.3 is 0 Å². The molecule has 1 fully saturated rings. The molecule has 1 aliphatic heterocycles. The summed E-state index contributed by atoms with van der Waals surface area (Å²) in [4.78, 5) is 25.8. The SMILES string of the molecule is COc1ccccc1CNC(=O)CSc1cc(N2CCN(c3ccccc3)CC2)ncn1. The molecular weight excluding hydrogens is 422 g/mol. The summed E-state index contributed by atoms with van der Waals surface area (Å²) in [5.41, 5.74) is 2.21. The molecule has 0 unspecified atom stereocenters. The Bertz CT molecular complexity index is 1030. The van der Waals surface area contributed by atoms with Gasteiger partial charge in [0.1, 0.15) is 22.9 Å². The van der Waals surface area contributed by atoms with Crippen LogP contribution < -0.4 is 19.9 Å². The van der Waals surface area contributed by atoms with Crippen LogP contribution in [0.5, 0.6) is 5.75 Å². The minimum Gasteiger partial charge on any atom is -0.496 e. The van der Waals surface area contributed by atoms with Crippen molar-refractivity contribution >= 4 is 29.2 Å². The maximum atomic E-state index is 12.3. The Balaban J connectivity index is 1.26. The van der Waals surface area contributed by atoms with Gasteiger partial charge in [-0.05, 0) is 18.2 Å². The van der Waals surface area contributed by atoms with Crippen LogP contribution in [-0.4, -0.2) is 54.9 Å². The summed E-state index contributed by atoms with van der Waals surface area (Å²) in [6.45, 7) is 4.12. The monoisotopic (exact) mass is 449 g/mol. The predicted molar refractivity (Wildman–Crippen MR) is 128 cm³/mol. The van der Waals surface area contributed by atoms with Crippen LogP contribution in [0, 0.1) is 0 Å². The van der Waals surface area contributed by atoms with Gasteiger partial charge in [0.2, 0.25) is 5.91 Å². The van der Waals surface area contributed by atoms with E-state index >= 15 is 0 Å². The van der Waals surface area contributed by atoms with Crippen LogP contribution in [0.2, 0.25) is 0 Å².